The zero-order valence-corrected chi connectivity index (χ0v) is 14.4. The molecule has 120 valence electrons. The van der Waals surface area contributed by atoms with Crippen LogP contribution in [0.15, 0.2) is 35.5 Å². The zero-order chi connectivity index (χ0) is 15.8. The van der Waals surface area contributed by atoms with Crippen LogP contribution in [0.4, 0.5) is 0 Å². The van der Waals surface area contributed by atoms with E-state index in [2.05, 4.69) is 53.9 Å². The van der Waals surface area contributed by atoms with Crippen LogP contribution in [0.5, 0.6) is 0 Å². The highest BCUT2D eigenvalue weighted by molar-refractivity contribution is 6.09. The Bertz CT molecular complexity index is 607. The summed E-state index contributed by atoms with van der Waals surface area (Å²) in [6, 6.07) is 8.68. The first-order valence-corrected chi connectivity index (χ1v) is 8.79. The molecule has 0 atom stereocenters. The molecule has 0 amide bonds. The number of rotatable bonds is 9. The molecule has 0 aliphatic carbocycles. The maximum Gasteiger partial charge on any atom is 0.0487 e. The third-order valence-electron chi connectivity index (χ3n) is 4.52. The number of benzene rings is 1. The molecule has 0 saturated heterocycles. The number of aromatic nitrogens is 1. The van der Waals surface area contributed by atoms with Crippen LogP contribution in [0, 0.1) is 0 Å². The summed E-state index contributed by atoms with van der Waals surface area (Å²) in [4.78, 5) is 4.36. The zero-order valence-electron chi connectivity index (χ0n) is 14.4. The molecular formula is C20H30N2. The molecule has 0 N–H and O–H groups in total. The minimum Gasteiger partial charge on any atom is -0.347 e. The maximum absolute atomic E-state index is 4.36. The Kier molecular flexibility index (Phi) is 6.70. The fourth-order valence-corrected chi connectivity index (χ4v) is 3.08. The molecule has 2 rings (SSSR count). The summed E-state index contributed by atoms with van der Waals surface area (Å²) < 4.78 is 2.41. The first kappa shape index (κ1) is 16.8. The fourth-order valence-electron chi connectivity index (χ4n) is 3.08. The molecule has 0 unspecified atom stereocenters. The lowest BCUT2D eigenvalue weighted by atomic mass is 10.1. The lowest BCUT2D eigenvalue weighted by molar-refractivity contribution is 0.556. The van der Waals surface area contributed by atoms with Gasteiger partial charge in [0.25, 0.3) is 0 Å². The van der Waals surface area contributed by atoms with Crippen LogP contribution < -0.4 is 0 Å². The van der Waals surface area contributed by atoms with Gasteiger partial charge in [0.15, 0.2) is 0 Å². The van der Waals surface area contributed by atoms with Gasteiger partial charge in [0.2, 0.25) is 0 Å². The predicted octanol–water partition coefficient (Wildman–Crippen LogP) is 5.83. The Morgan fingerprint density at radius 2 is 1.68 bits per heavy atom. The standard InChI is InChI=1S/C20H30N2/c1-4-5-6-7-8-9-12-15-22-16-19(17(2)21-3)18-13-10-11-14-20(18)22/h10-11,13-14,16H,4-9,12,15H2,1-3H3. The summed E-state index contributed by atoms with van der Waals surface area (Å²) in [5.74, 6) is 0. The second-order valence-electron chi connectivity index (χ2n) is 6.18. The van der Waals surface area contributed by atoms with Gasteiger partial charge in [-0.1, -0.05) is 63.6 Å². The predicted molar refractivity (Wildman–Crippen MR) is 98.1 cm³/mol. The van der Waals surface area contributed by atoms with Crippen molar-refractivity contribution in [3.63, 3.8) is 0 Å². The fraction of sp³-hybridized carbons (Fsp3) is 0.550. The van der Waals surface area contributed by atoms with Crippen molar-refractivity contribution in [2.45, 2.75) is 65.3 Å². The normalized spacial score (nSPS) is 12.2. The number of hydrogen-bond donors (Lipinski definition) is 0. The van der Waals surface area contributed by atoms with Crippen LogP contribution in [-0.4, -0.2) is 17.3 Å². The molecule has 2 aromatic rings. The molecule has 1 aromatic heterocycles. The lowest BCUT2D eigenvalue weighted by Gasteiger charge is -2.05. The molecule has 22 heavy (non-hydrogen) atoms. The van der Waals surface area contributed by atoms with Gasteiger partial charge in [0, 0.05) is 42.0 Å². The molecule has 0 fully saturated rings. The first-order chi connectivity index (χ1) is 10.8. The maximum atomic E-state index is 4.36. The molecule has 0 aliphatic rings. The third-order valence-corrected chi connectivity index (χ3v) is 4.52. The highest BCUT2D eigenvalue weighted by Crippen LogP contribution is 2.23. The van der Waals surface area contributed by atoms with Crippen molar-refractivity contribution in [1.82, 2.24) is 4.57 Å². The van der Waals surface area contributed by atoms with Gasteiger partial charge in [0.1, 0.15) is 0 Å². The van der Waals surface area contributed by atoms with Gasteiger partial charge < -0.3 is 4.57 Å². The summed E-state index contributed by atoms with van der Waals surface area (Å²) in [5.41, 5.74) is 3.74. The molecule has 0 radical (unpaired) electrons. The number of aliphatic imine (C=N–C) groups is 1. The quantitative estimate of drug-likeness (QED) is 0.409. The van der Waals surface area contributed by atoms with Crippen LogP contribution in [0.25, 0.3) is 10.9 Å². The number of hydrogen-bond acceptors (Lipinski definition) is 1. The van der Waals surface area contributed by atoms with Crippen LogP contribution in [0.2, 0.25) is 0 Å². The average Bonchev–Trinajstić information content (AvgIpc) is 2.92. The number of nitrogens with zero attached hydrogens (tertiary/aromatic N) is 2. The van der Waals surface area contributed by atoms with E-state index in [1.165, 1.54) is 61.4 Å². The van der Waals surface area contributed by atoms with Crippen LogP contribution in [0.1, 0.15) is 64.4 Å². The molecule has 0 aliphatic heterocycles. The minimum atomic E-state index is 1.12. The van der Waals surface area contributed by atoms with Crippen LogP contribution >= 0.6 is 0 Å². The Balaban J connectivity index is 1.97. The van der Waals surface area contributed by atoms with Crippen molar-refractivity contribution >= 4 is 16.6 Å². The molecule has 1 heterocycles. The summed E-state index contributed by atoms with van der Waals surface area (Å²) >= 11 is 0. The monoisotopic (exact) mass is 298 g/mol. The molecule has 1 aromatic carbocycles. The van der Waals surface area contributed by atoms with E-state index in [-0.39, 0.29) is 0 Å². The number of unbranched alkanes of at least 4 members (excludes halogenated alkanes) is 6. The lowest BCUT2D eigenvalue weighted by Crippen LogP contribution is -1.97. The van der Waals surface area contributed by atoms with E-state index in [0.717, 1.165) is 12.3 Å². The molecule has 0 bridgehead atoms. The van der Waals surface area contributed by atoms with E-state index in [4.69, 9.17) is 0 Å². The van der Waals surface area contributed by atoms with E-state index in [9.17, 15) is 0 Å². The van der Waals surface area contributed by atoms with Crippen LogP contribution in [0.3, 0.4) is 0 Å². The molecule has 0 spiro atoms. The SMILES string of the molecule is CCCCCCCCCn1cc(C(C)=NC)c2ccccc21. The largest absolute Gasteiger partial charge is 0.347 e. The van der Waals surface area contributed by atoms with E-state index in [0.29, 0.717) is 0 Å². The Labute approximate surface area is 135 Å². The van der Waals surface area contributed by atoms with Crippen molar-refractivity contribution in [1.29, 1.82) is 0 Å². The van der Waals surface area contributed by atoms with E-state index < -0.39 is 0 Å². The van der Waals surface area contributed by atoms with Gasteiger partial charge in [-0.05, 0) is 19.4 Å². The Hall–Kier alpha value is -1.57. The van der Waals surface area contributed by atoms with Gasteiger partial charge in [0.05, 0.1) is 0 Å². The number of fused-ring (bicyclic) bond motifs is 1. The highest BCUT2D eigenvalue weighted by atomic mass is 15.0. The third kappa shape index (κ3) is 4.22. The van der Waals surface area contributed by atoms with E-state index in [1.807, 2.05) is 7.05 Å². The van der Waals surface area contributed by atoms with Crippen molar-refractivity contribution in [2.24, 2.45) is 4.99 Å². The van der Waals surface area contributed by atoms with Crippen molar-refractivity contribution in [3.05, 3.63) is 36.0 Å². The molecular weight excluding hydrogens is 268 g/mol. The van der Waals surface area contributed by atoms with Gasteiger partial charge in [-0.2, -0.15) is 0 Å². The summed E-state index contributed by atoms with van der Waals surface area (Å²) in [5, 5.41) is 1.33. The van der Waals surface area contributed by atoms with Crippen LogP contribution in [-0.2, 0) is 6.54 Å². The van der Waals surface area contributed by atoms with Gasteiger partial charge in [-0.15, -0.1) is 0 Å². The summed E-state index contributed by atoms with van der Waals surface area (Å²) in [6.07, 6.45) is 11.8. The van der Waals surface area contributed by atoms with Crippen molar-refractivity contribution in [3.8, 4) is 0 Å². The molecule has 0 saturated carbocycles. The van der Waals surface area contributed by atoms with Crippen molar-refractivity contribution < 1.29 is 0 Å². The Morgan fingerprint density at radius 3 is 2.41 bits per heavy atom. The van der Waals surface area contributed by atoms with Crippen molar-refractivity contribution in [2.75, 3.05) is 7.05 Å². The second kappa shape index (κ2) is 8.77. The first-order valence-electron chi connectivity index (χ1n) is 8.79. The Morgan fingerprint density at radius 1 is 1.00 bits per heavy atom. The summed E-state index contributed by atoms with van der Waals surface area (Å²) in [7, 11) is 1.87. The van der Waals surface area contributed by atoms with Gasteiger partial charge in [-0.3, -0.25) is 4.99 Å². The topological polar surface area (TPSA) is 17.3 Å². The summed E-state index contributed by atoms with van der Waals surface area (Å²) in [6.45, 7) is 5.49. The van der Waals surface area contributed by atoms with Gasteiger partial charge >= 0.3 is 0 Å². The number of para-hydroxylation sites is 1. The average molecular weight is 298 g/mol. The smallest absolute Gasteiger partial charge is 0.0487 e. The number of aryl methyl sites for hydroxylation is 1. The van der Waals surface area contributed by atoms with E-state index >= 15 is 0 Å². The molecule has 2 heteroatoms. The van der Waals surface area contributed by atoms with E-state index in [1.54, 1.807) is 0 Å². The second-order valence-corrected chi connectivity index (χ2v) is 6.18. The molecule has 2 nitrogen and oxygen atoms in total. The minimum absolute atomic E-state index is 1.12. The highest BCUT2D eigenvalue weighted by Gasteiger charge is 2.09. The van der Waals surface area contributed by atoms with Gasteiger partial charge in [-0.25, -0.2) is 0 Å².